The Morgan fingerprint density at radius 2 is 1.38 bits per heavy atom. The van der Waals surface area contributed by atoms with Gasteiger partial charge in [0, 0.05) is 4.47 Å². The summed E-state index contributed by atoms with van der Waals surface area (Å²) in [6.45, 7) is 11.8. The first-order valence-electron chi connectivity index (χ1n) is 4.13. The standard InChI is InChI=1S/C12H13Br/c1-8(2)10-5-11(9(3)4)7-12(13)6-10/h5-7H,1,3H2,2,4H3. The topological polar surface area (TPSA) is 0 Å². The summed E-state index contributed by atoms with van der Waals surface area (Å²) in [4.78, 5) is 0. The van der Waals surface area contributed by atoms with E-state index in [0.29, 0.717) is 0 Å². The molecule has 0 bridgehead atoms. The highest BCUT2D eigenvalue weighted by Gasteiger charge is 2.00. The van der Waals surface area contributed by atoms with E-state index in [1.165, 1.54) is 0 Å². The van der Waals surface area contributed by atoms with Crippen molar-refractivity contribution in [2.75, 3.05) is 0 Å². The Morgan fingerprint density at radius 1 is 1.00 bits per heavy atom. The van der Waals surface area contributed by atoms with E-state index >= 15 is 0 Å². The lowest BCUT2D eigenvalue weighted by molar-refractivity contribution is 1.49. The van der Waals surface area contributed by atoms with Crippen LogP contribution in [0, 0.1) is 0 Å². The molecule has 1 rings (SSSR count). The highest BCUT2D eigenvalue weighted by Crippen LogP contribution is 2.23. The molecule has 13 heavy (non-hydrogen) atoms. The van der Waals surface area contributed by atoms with Gasteiger partial charge in [-0.3, -0.25) is 0 Å². The van der Waals surface area contributed by atoms with E-state index < -0.39 is 0 Å². The smallest absolute Gasteiger partial charge is 0.0187 e. The fourth-order valence-electron chi connectivity index (χ4n) is 1.08. The van der Waals surface area contributed by atoms with Crippen LogP contribution in [0.3, 0.4) is 0 Å². The zero-order valence-corrected chi connectivity index (χ0v) is 9.61. The van der Waals surface area contributed by atoms with Crippen molar-refractivity contribution >= 4 is 27.1 Å². The summed E-state index contributed by atoms with van der Waals surface area (Å²) >= 11 is 3.47. The van der Waals surface area contributed by atoms with Gasteiger partial charge in [-0.05, 0) is 43.2 Å². The Hall–Kier alpha value is -0.820. The van der Waals surface area contributed by atoms with Crippen molar-refractivity contribution in [3.8, 4) is 0 Å². The van der Waals surface area contributed by atoms with Crippen molar-refractivity contribution < 1.29 is 0 Å². The summed E-state index contributed by atoms with van der Waals surface area (Å²) in [7, 11) is 0. The summed E-state index contributed by atoms with van der Waals surface area (Å²) in [5.74, 6) is 0. The zero-order valence-electron chi connectivity index (χ0n) is 8.02. The first-order chi connectivity index (χ1) is 6.00. The van der Waals surface area contributed by atoms with Crippen LogP contribution in [0.4, 0.5) is 0 Å². The highest BCUT2D eigenvalue weighted by molar-refractivity contribution is 9.10. The van der Waals surface area contributed by atoms with Gasteiger partial charge >= 0.3 is 0 Å². The van der Waals surface area contributed by atoms with E-state index in [-0.39, 0.29) is 0 Å². The van der Waals surface area contributed by atoms with Crippen LogP contribution in [-0.4, -0.2) is 0 Å². The zero-order chi connectivity index (χ0) is 10.0. The Balaban J connectivity index is 3.26. The van der Waals surface area contributed by atoms with Crippen molar-refractivity contribution in [3.63, 3.8) is 0 Å². The molecule has 0 aromatic heterocycles. The summed E-state index contributed by atoms with van der Waals surface area (Å²) in [5.41, 5.74) is 4.47. The molecule has 0 saturated carbocycles. The number of hydrogen-bond donors (Lipinski definition) is 0. The summed E-state index contributed by atoms with van der Waals surface area (Å²) in [6.07, 6.45) is 0. The van der Waals surface area contributed by atoms with E-state index in [9.17, 15) is 0 Å². The van der Waals surface area contributed by atoms with Crippen molar-refractivity contribution in [2.24, 2.45) is 0 Å². The molecule has 0 nitrogen and oxygen atoms in total. The van der Waals surface area contributed by atoms with E-state index in [1.54, 1.807) is 0 Å². The van der Waals surface area contributed by atoms with Crippen LogP contribution >= 0.6 is 15.9 Å². The first kappa shape index (κ1) is 10.3. The maximum Gasteiger partial charge on any atom is 0.0187 e. The minimum Gasteiger partial charge on any atom is -0.0955 e. The molecule has 0 unspecified atom stereocenters. The molecule has 0 atom stereocenters. The lowest BCUT2D eigenvalue weighted by atomic mass is 10.0. The molecule has 0 fully saturated rings. The predicted octanol–water partition coefficient (Wildman–Crippen LogP) is 4.52. The first-order valence-corrected chi connectivity index (χ1v) is 4.92. The van der Waals surface area contributed by atoms with Crippen molar-refractivity contribution in [1.29, 1.82) is 0 Å². The molecule has 68 valence electrons. The van der Waals surface area contributed by atoms with Crippen LogP contribution in [0.2, 0.25) is 0 Å². The lowest BCUT2D eigenvalue weighted by Crippen LogP contribution is -1.83. The second kappa shape index (κ2) is 3.93. The van der Waals surface area contributed by atoms with Gasteiger partial charge < -0.3 is 0 Å². The average Bonchev–Trinajstić information content (AvgIpc) is 2.03. The Bertz CT molecular complexity index is 329. The molecule has 0 radical (unpaired) electrons. The van der Waals surface area contributed by atoms with E-state index in [4.69, 9.17) is 0 Å². The third-order valence-corrected chi connectivity index (χ3v) is 2.34. The number of hydrogen-bond acceptors (Lipinski definition) is 0. The van der Waals surface area contributed by atoms with Crippen LogP contribution in [0.25, 0.3) is 11.1 Å². The molecule has 1 aromatic carbocycles. The number of allylic oxidation sites excluding steroid dienone is 2. The predicted molar refractivity (Wildman–Crippen MR) is 63.6 cm³/mol. The molecular weight excluding hydrogens is 224 g/mol. The largest absolute Gasteiger partial charge is 0.0955 e. The van der Waals surface area contributed by atoms with Gasteiger partial charge in [-0.2, -0.15) is 0 Å². The minimum absolute atomic E-state index is 1.07. The second-order valence-corrected chi connectivity index (χ2v) is 4.20. The highest BCUT2D eigenvalue weighted by atomic mass is 79.9. The normalized spacial score (nSPS) is 9.77. The SMILES string of the molecule is C=C(C)c1cc(Br)cc(C(=C)C)c1. The van der Waals surface area contributed by atoms with Gasteiger partial charge in [0.05, 0.1) is 0 Å². The van der Waals surface area contributed by atoms with Crippen molar-refractivity contribution in [3.05, 3.63) is 47.0 Å². The van der Waals surface area contributed by atoms with Crippen LogP contribution in [0.15, 0.2) is 35.8 Å². The molecule has 1 heteroatoms. The van der Waals surface area contributed by atoms with Crippen molar-refractivity contribution in [1.82, 2.24) is 0 Å². The van der Waals surface area contributed by atoms with Crippen molar-refractivity contribution in [2.45, 2.75) is 13.8 Å². The molecule has 0 amide bonds. The Morgan fingerprint density at radius 3 is 1.69 bits per heavy atom. The summed E-state index contributed by atoms with van der Waals surface area (Å²) in [5, 5.41) is 0. The second-order valence-electron chi connectivity index (χ2n) is 3.29. The van der Waals surface area contributed by atoms with Gasteiger partial charge in [-0.15, -0.1) is 0 Å². The minimum atomic E-state index is 1.07. The molecule has 0 aliphatic heterocycles. The van der Waals surface area contributed by atoms with Gasteiger partial charge in [0.15, 0.2) is 0 Å². The maximum absolute atomic E-state index is 3.92. The van der Waals surface area contributed by atoms with E-state index in [2.05, 4.69) is 47.3 Å². The summed E-state index contributed by atoms with van der Waals surface area (Å²) < 4.78 is 1.08. The van der Waals surface area contributed by atoms with Crippen LogP contribution in [-0.2, 0) is 0 Å². The van der Waals surface area contributed by atoms with Gasteiger partial charge in [0.2, 0.25) is 0 Å². The van der Waals surface area contributed by atoms with E-state index in [1.807, 2.05) is 13.8 Å². The molecule has 0 heterocycles. The molecule has 0 aliphatic rings. The fourth-order valence-corrected chi connectivity index (χ4v) is 1.58. The number of benzene rings is 1. The Kier molecular flexibility index (Phi) is 3.10. The molecule has 0 aliphatic carbocycles. The Labute approximate surface area is 88.1 Å². The van der Waals surface area contributed by atoms with Gasteiger partial charge in [-0.1, -0.05) is 40.2 Å². The lowest BCUT2D eigenvalue weighted by Gasteiger charge is -2.05. The number of halogens is 1. The van der Waals surface area contributed by atoms with Gasteiger partial charge in [0.1, 0.15) is 0 Å². The number of rotatable bonds is 2. The summed E-state index contributed by atoms with van der Waals surface area (Å²) in [6, 6.07) is 6.24. The van der Waals surface area contributed by atoms with Crippen LogP contribution in [0.5, 0.6) is 0 Å². The maximum atomic E-state index is 3.92. The van der Waals surface area contributed by atoms with Gasteiger partial charge in [-0.25, -0.2) is 0 Å². The molecular formula is C12H13Br. The molecule has 0 spiro atoms. The van der Waals surface area contributed by atoms with Gasteiger partial charge in [0.25, 0.3) is 0 Å². The average molecular weight is 237 g/mol. The van der Waals surface area contributed by atoms with E-state index in [0.717, 1.165) is 26.7 Å². The molecule has 0 N–H and O–H groups in total. The fraction of sp³-hybridized carbons (Fsp3) is 0.167. The molecule has 1 aromatic rings. The van der Waals surface area contributed by atoms with Crippen LogP contribution in [0.1, 0.15) is 25.0 Å². The molecule has 0 saturated heterocycles. The quantitative estimate of drug-likeness (QED) is 0.709. The third kappa shape index (κ3) is 2.56. The monoisotopic (exact) mass is 236 g/mol. The van der Waals surface area contributed by atoms with Crippen LogP contribution < -0.4 is 0 Å². The third-order valence-electron chi connectivity index (χ3n) is 1.88.